The second-order valence-corrected chi connectivity index (χ2v) is 4.18. The SMILES string of the molecule is CCCN(CC(=O)NC)c1nccc(C(=O)OC)c1N. The van der Waals surface area contributed by atoms with Crippen LogP contribution in [0.4, 0.5) is 11.5 Å². The topological polar surface area (TPSA) is 97.5 Å². The Balaban J connectivity index is 3.13. The van der Waals surface area contributed by atoms with Crippen molar-refractivity contribution in [3.63, 3.8) is 0 Å². The van der Waals surface area contributed by atoms with E-state index in [0.29, 0.717) is 12.4 Å². The summed E-state index contributed by atoms with van der Waals surface area (Å²) in [5, 5.41) is 2.55. The average molecular weight is 280 g/mol. The number of amides is 1. The van der Waals surface area contributed by atoms with Crippen molar-refractivity contribution >= 4 is 23.4 Å². The molecule has 0 aliphatic heterocycles. The minimum Gasteiger partial charge on any atom is -0.465 e. The number of ether oxygens (including phenoxy) is 1. The Hall–Kier alpha value is -2.31. The van der Waals surface area contributed by atoms with Crippen LogP contribution in [0.5, 0.6) is 0 Å². The van der Waals surface area contributed by atoms with Crippen LogP contribution in [0.3, 0.4) is 0 Å². The molecule has 7 nitrogen and oxygen atoms in total. The Labute approximate surface area is 118 Å². The van der Waals surface area contributed by atoms with Crippen LogP contribution in [0.2, 0.25) is 0 Å². The Morgan fingerprint density at radius 1 is 1.50 bits per heavy atom. The molecule has 1 rings (SSSR count). The van der Waals surface area contributed by atoms with Gasteiger partial charge in [-0.1, -0.05) is 6.92 Å². The molecule has 1 aromatic rings. The molecule has 0 bridgehead atoms. The van der Waals surface area contributed by atoms with E-state index in [1.165, 1.54) is 19.4 Å². The third-order valence-corrected chi connectivity index (χ3v) is 2.78. The lowest BCUT2D eigenvalue weighted by atomic mass is 10.2. The van der Waals surface area contributed by atoms with Crippen LogP contribution in [0, 0.1) is 0 Å². The minimum atomic E-state index is -0.525. The van der Waals surface area contributed by atoms with Crippen LogP contribution in [-0.4, -0.2) is 44.1 Å². The maximum atomic E-state index is 11.6. The molecule has 0 saturated heterocycles. The van der Waals surface area contributed by atoms with E-state index in [1.54, 1.807) is 11.9 Å². The lowest BCUT2D eigenvalue weighted by Gasteiger charge is -2.24. The van der Waals surface area contributed by atoms with Crippen LogP contribution in [0.15, 0.2) is 12.3 Å². The van der Waals surface area contributed by atoms with Gasteiger partial charge in [-0.2, -0.15) is 0 Å². The van der Waals surface area contributed by atoms with Gasteiger partial charge in [0, 0.05) is 19.8 Å². The number of hydrogen-bond acceptors (Lipinski definition) is 6. The number of carbonyl (C=O) groups is 2. The number of nitrogens with one attached hydrogen (secondary N) is 1. The summed E-state index contributed by atoms with van der Waals surface area (Å²) in [4.78, 5) is 29.1. The molecule has 0 aliphatic rings. The van der Waals surface area contributed by atoms with Crippen molar-refractivity contribution in [2.24, 2.45) is 0 Å². The van der Waals surface area contributed by atoms with Crippen molar-refractivity contribution in [3.05, 3.63) is 17.8 Å². The zero-order chi connectivity index (χ0) is 15.1. The molecule has 1 heterocycles. The molecule has 20 heavy (non-hydrogen) atoms. The van der Waals surface area contributed by atoms with Crippen LogP contribution in [-0.2, 0) is 9.53 Å². The number of rotatable bonds is 6. The fraction of sp³-hybridized carbons (Fsp3) is 0.462. The number of nitrogen functional groups attached to an aromatic ring is 1. The minimum absolute atomic E-state index is 0.131. The molecular weight excluding hydrogens is 260 g/mol. The molecule has 1 aromatic heterocycles. The lowest BCUT2D eigenvalue weighted by Crippen LogP contribution is -2.37. The van der Waals surface area contributed by atoms with Crippen LogP contribution in [0.1, 0.15) is 23.7 Å². The lowest BCUT2D eigenvalue weighted by molar-refractivity contribution is -0.119. The third-order valence-electron chi connectivity index (χ3n) is 2.78. The zero-order valence-electron chi connectivity index (χ0n) is 12.0. The summed E-state index contributed by atoms with van der Waals surface area (Å²) in [5.41, 5.74) is 6.44. The summed E-state index contributed by atoms with van der Waals surface area (Å²) in [7, 11) is 2.85. The van der Waals surface area contributed by atoms with E-state index in [4.69, 9.17) is 5.73 Å². The van der Waals surface area contributed by atoms with E-state index in [9.17, 15) is 9.59 Å². The Morgan fingerprint density at radius 3 is 2.75 bits per heavy atom. The monoisotopic (exact) mass is 280 g/mol. The standard InChI is InChI=1S/C13H20N4O3/c1-4-7-17(8-10(18)15-2)12-11(14)9(5-6-16-12)13(19)20-3/h5-6H,4,7-8,14H2,1-3H3,(H,15,18). The van der Waals surface area contributed by atoms with Gasteiger partial charge >= 0.3 is 5.97 Å². The van der Waals surface area contributed by atoms with Crippen LogP contribution in [0.25, 0.3) is 0 Å². The highest BCUT2D eigenvalue weighted by Gasteiger charge is 2.19. The molecule has 0 aromatic carbocycles. The Kier molecular flexibility index (Phi) is 5.76. The van der Waals surface area contributed by atoms with E-state index in [0.717, 1.165) is 6.42 Å². The molecular formula is C13H20N4O3. The maximum Gasteiger partial charge on any atom is 0.340 e. The first-order valence-corrected chi connectivity index (χ1v) is 6.33. The summed E-state index contributed by atoms with van der Waals surface area (Å²) in [6.45, 7) is 2.72. The van der Waals surface area contributed by atoms with Gasteiger partial charge in [0.25, 0.3) is 0 Å². The summed E-state index contributed by atoms with van der Waals surface area (Å²) < 4.78 is 4.67. The van der Waals surface area contributed by atoms with Gasteiger partial charge < -0.3 is 20.7 Å². The van der Waals surface area contributed by atoms with Crippen molar-refractivity contribution in [1.82, 2.24) is 10.3 Å². The van der Waals surface area contributed by atoms with Gasteiger partial charge in [0.15, 0.2) is 5.82 Å². The Morgan fingerprint density at radius 2 is 2.20 bits per heavy atom. The van der Waals surface area contributed by atoms with Crippen molar-refractivity contribution in [2.45, 2.75) is 13.3 Å². The van der Waals surface area contributed by atoms with Gasteiger partial charge in [-0.05, 0) is 12.5 Å². The molecule has 1 amide bonds. The summed E-state index contributed by atoms with van der Waals surface area (Å²) >= 11 is 0. The van der Waals surface area contributed by atoms with E-state index in [1.807, 2.05) is 6.92 Å². The summed E-state index contributed by atoms with van der Waals surface area (Å²) in [6, 6.07) is 1.49. The largest absolute Gasteiger partial charge is 0.465 e. The van der Waals surface area contributed by atoms with E-state index in [-0.39, 0.29) is 23.7 Å². The van der Waals surface area contributed by atoms with Crippen molar-refractivity contribution < 1.29 is 14.3 Å². The smallest absolute Gasteiger partial charge is 0.340 e. The first-order valence-electron chi connectivity index (χ1n) is 6.33. The molecule has 7 heteroatoms. The number of anilines is 2. The number of methoxy groups -OCH3 is 1. The molecule has 0 atom stereocenters. The normalized spacial score (nSPS) is 9.95. The number of nitrogens with zero attached hydrogens (tertiary/aromatic N) is 2. The fourth-order valence-corrected chi connectivity index (χ4v) is 1.78. The van der Waals surface area contributed by atoms with Crippen LogP contribution < -0.4 is 16.0 Å². The summed E-state index contributed by atoms with van der Waals surface area (Å²) in [5.74, 6) is -0.260. The van der Waals surface area contributed by atoms with Crippen molar-refractivity contribution in [1.29, 1.82) is 0 Å². The summed E-state index contributed by atoms with van der Waals surface area (Å²) in [6.07, 6.45) is 2.30. The van der Waals surface area contributed by atoms with Gasteiger partial charge in [-0.25, -0.2) is 9.78 Å². The fourth-order valence-electron chi connectivity index (χ4n) is 1.78. The predicted molar refractivity (Wildman–Crippen MR) is 76.6 cm³/mol. The molecule has 0 fully saturated rings. The molecule has 0 aliphatic carbocycles. The third kappa shape index (κ3) is 3.59. The van der Waals surface area contributed by atoms with E-state index >= 15 is 0 Å². The quantitative estimate of drug-likeness (QED) is 0.733. The average Bonchev–Trinajstić information content (AvgIpc) is 2.46. The highest BCUT2D eigenvalue weighted by molar-refractivity contribution is 5.98. The maximum absolute atomic E-state index is 11.6. The van der Waals surface area contributed by atoms with Gasteiger partial charge in [0.1, 0.15) is 0 Å². The molecule has 110 valence electrons. The zero-order valence-corrected chi connectivity index (χ0v) is 12.0. The molecule has 0 radical (unpaired) electrons. The Bertz CT molecular complexity index is 491. The van der Waals surface area contributed by atoms with E-state index in [2.05, 4.69) is 15.0 Å². The first-order chi connectivity index (χ1) is 9.54. The van der Waals surface area contributed by atoms with Crippen molar-refractivity contribution in [3.8, 4) is 0 Å². The van der Waals surface area contributed by atoms with Gasteiger partial charge in [-0.3, -0.25) is 4.79 Å². The number of esters is 1. The second-order valence-electron chi connectivity index (χ2n) is 4.18. The highest BCUT2D eigenvalue weighted by Crippen LogP contribution is 2.24. The van der Waals surface area contributed by atoms with Gasteiger partial charge in [-0.15, -0.1) is 0 Å². The van der Waals surface area contributed by atoms with E-state index < -0.39 is 5.97 Å². The molecule has 3 N–H and O–H groups in total. The highest BCUT2D eigenvalue weighted by atomic mass is 16.5. The first kappa shape index (κ1) is 15.7. The van der Waals surface area contributed by atoms with Crippen molar-refractivity contribution in [2.75, 3.05) is 37.9 Å². The second kappa shape index (κ2) is 7.32. The number of nitrogens with two attached hydrogens (primary N) is 1. The van der Waals surface area contributed by atoms with Crippen LogP contribution >= 0.6 is 0 Å². The predicted octanol–water partition coefficient (Wildman–Crippen LogP) is 0.413. The molecule has 0 spiro atoms. The van der Waals surface area contributed by atoms with Gasteiger partial charge in [0.05, 0.1) is 24.9 Å². The molecule has 0 saturated carbocycles. The molecule has 0 unspecified atom stereocenters. The number of pyridine rings is 1. The number of aromatic nitrogens is 1. The van der Waals surface area contributed by atoms with Gasteiger partial charge in [0.2, 0.25) is 5.91 Å². The number of hydrogen-bond donors (Lipinski definition) is 2. The number of likely N-dealkylation sites (N-methyl/N-ethyl adjacent to an activating group) is 1. The number of carbonyl (C=O) groups excluding carboxylic acids is 2.